The van der Waals surface area contributed by atoms with Gasteiger partial charge in [0.25, 0.3) is 0 Å². The molecule has 0 bridgehead atoms. The minimum absolute atomic E-state index is 0.351. The van der Waals surface area contributed by atoms with Crippen LogP contribution in [0.4, 0.5) is 0 Å². The molecule has 0 radical (unpaired) electrons. The van der Waals surface area contributed by atoms with Gasteiger partial charge in [-0.2, -0.15) is 0 Å². The summed E-state index contributed by atoms with van der Waals surface area (Å²) in [6, 6.07) is 0. The van der Waals surface area contributed by atoms with Gasteiger partial charge in [0, 0.05) is 6.42 Å². The van der Waals surface area contributed by atoms with Crippen LogP contribution in [0.3, 0.4) is 0 Å². The van der Waals surface area contributed by atoms with Crippen LogP contribution in [0, 0.1) is 6.92 Å². The van der Waals surface area contributed by atoms with E-state index in [-0.39, 0.29) is 0 Å². The Hall–Kier alpha value is -1.36. The second-order valence-corrected chi connectivity index (χ2v) is 3.54. The van der Waals surface area contributed by atoms with Gasteiger partial charge in [-0.05, 0) is 18.5 Å². The maximum atomic E-state index is 5.81. The maximum Gasteiger partial charge on any atom is 0.225 e. The van der Waals surface area contributed by atoms with E-state index in [2.05, 4.69) is 15.2 Å². The summed E-state index contributed by atoms with van der Waals surface area (Å²) in [5, 5.41) is 7.73. The fraction of sp³-hybridized carbons (Fsp3) is 0.444. The van der Waals surface area contributed by atoms with Gasteiger partial charge in [-0.15, -0.1) is 10.2 Å². The Morgan fingerprint density at radius 1 is 1.53 bits per heavy atom. The highest BCUT2D eigenvalue weighted by molar-refractivity contribution is 6.28. The van der Waals surface area contributed by atoms with Gasteiger partial charge in [0.2, 0.25) is 5.28 Å². The average Bonchev–Trinajstić information content (AvgIpc) is 2.76. The van der Waals surface area contributed by atoms with E-state index in [4.69, 9.17) is 16.0 Å². The number of oxazole rings is 1. The molecule has 0 aliphatic rings. The lowest BCUT2D eigenvalue weighted by atomic mass is 10.4. The van der Waals surface area contributed by atoms with Crippen LogP contribution in [-0.2, 0) is 13.0 Å². The second kappa shape index (κ2) is 4.02. The zero-order valence-electron chi connectivity index (χ0n) is 8.57. The van der Waals surface area contributed by atoms with Crippen molar-refractivity contribution < 1.29 is 4.42 Å². The minimum atomic E-state index is 0.351. The van der Waals surface area contributed by atoms with Crippen LogP contribution in [0.1, 0.15) is 24.3 Å². The Kier molecular flexibility index (Phi) is 2.73. The predicted octanol–water partition coefficient (Wildman–Crippen LogP) is 1.84. The molecule has 0 aromatic carbocycles. The van der Waals surface area contributed by atoms with Crippen molar-refractivity contribution in [1.29, 1.82) is 0 Å². The summed E-state index contributed by atoms with van der Waals surface area (Å²) in [5.74, 6) is 1.54. The Morgan fingerprint density at radius 3 is 2.87 bits per heavy atom. The lowest BCUT2D eigenvalue weighted by molar-refractivity contribution is 0.448. The smallest absolute Gasteiger partial charge is 0.225 e. The van der Waals surface area contributed by atoms with Gasteiger partial charge in [0.15, 0.2) is 5.89 Å². The molecule has 0 fully saturated rings. The van der Waals surface area contributed by atoms with Crippen LogP contribution in [0.5, 0.6) is 0 Å². The fourth-order valence-electron chi connectivity index (χ4n) is 1.29. The summed E-state index contributed by atoms with van der Waals surface area (Å²) < 4.78 is 7.25. The van der Waals surface area contributed by atoms with Crippen molar-refractivity contribution in [1.82, 2.24) is 19.7 Å². The van der Waals surface area contributed by atoms with Gasteiger partial charge in [0.1, 0.15) is 12.1 Å². The molecule has 2 rings (SSSR count). The van der Waals surface area contributed by atoms with Crippen molar-refractivity contribution in [2.75, 3.05) is 0 Å². The highest BCUT2D eigenvalue weighted by Crippen LogP contribution is 2.14. The van der Waals surface area contributed by atoms with Crippen molar-refractivity contribution in [3.05, 3.63) is 29.0 Å². The predicted molar refractivity (Wildman–Crippen MR) is 54.8 cm³/mol. The van der Waals surface area contributed by atoms with Gasteiger partial charge in [-0.1, -0.05) is 6.92 Å². The van der Waals surface area contributed by atoms with Gasteiger partial charge in [-0.25, -0.2) is 4.98 Å². The molecule has 0 N–H and O–H groups in total. The van der Waals surface area contributed by atoms with Crippen LogP contribution in [0.25, 0.3) is 0 Å². The zero-order valence-corrected chi connectivity index (χ0v) is 9.32. The number of hydrogen-bond donors (Lipinski definition) is 0. The van der Waals surface area contributed by atoms with E-state index in [1.54, 1.807) is 10.9 Å². The third kappa shape index (κ3) is 2.02. The molecule has 0 saturated heterocycles. The molecule has 0 spiro atoms. The van der Waals surface area contributed by atoms with Crippen molar-refractivity contribution in [3.63, 3.8) is 0 Å². The first kappa shape index (κ1) is 10.2. The molecule has 2 heterocycles. The van der Waals surface area contributed by atoms with E-state index < -0.39 is 0 Å². The Morgan fingerprint density at radius 2 is 2.33 bits per heavy atom. The maximum absolute atomic E-state index is 5.81. The van der Waals surface area contributed by atoms with Crippen LogP contribution >= 0.6 is 11.6 Å². The van der Waals surface area contributed by atoms with Crippen LogP contribution in [0.2, 0.25) is 5.28 Å². The summed E-state index contributed by atoms with van der Waals surface area (Å²) in [6.07, 6.45) is 2.35. The number of aryl methyl sites for hydroxylation is 2. The highest BCUT2D eigenvalue weighted by Gasteiger charge is 2.10. The molecule has 2 aromatic heterocycles. The van der Waals surface area contributed by atoms with Crippen LogP contribution in [-0.4, -0.2) is 19.7 Å². The summed E-state index contributed by atoms with van der Waals surface area (Å²) in [7, 11) is 0. The first-order valence-electron chi connectivity index (χ1n) is 4.69. The summed E-state index contributed by atoms with van der Waals surface area (Å²) >= 11 is 5.81. The standard InChI is InChI=1S/C9H11ClN4O/c1-3-8-12-6(2)7(15-8)4-14-5-11-13-9(14)10/h5H,3-4H2,1-2H3. The molecule has 0 aliphatic carbocycles. The van der Waals surface area contributed by atoms with Crippen molar-refractivity contribution in [2.24, 2.45) is 0 Å². The molecule has 6 heteroatoms. The topological polar surface area (TPSA) is 56.7 Å². The van der Waals surface area contributed by atoms with E-state index in [0.717, 1.165) is 23.8 Å². The number of halogens is 1. The van der Waals surface area contributed by atoms with Crippen LogP contribution in [0.15, 0.2) is 10.7 Å². The Bertz CT molecular complexity index is 462. The molecule has 0 atom stereocenters. The summed E-state index contributed by atoms with van der Waals surface area (Å²) in [6.45, 7) is 4.43. The van der Waals surface area contributed by atoms with Crippen molar-refractivity contribution >= 4 is 11.6 Å². The number of aromatic nitrogens is 4. The minimum Gasteiger partial charge on any atom is -0.444 e. The first-order valence-corrected chi connectivity index (χ1v) is 5.07. The quantitative estimate of drug-likeness (QED) is 0.801. The SMILES string of the molecule is CCc1nc(C)c(Cn2cnnc2Cl)o1. The third-order valence-electron chi connectivity index (χ3n) is 2.12. The Balaban J connectivity index is 2.24. The van der Waals surface area contributed by atoms with Crippen molar-refractivity contribution in [3.8, 4) is 0 Å². The van der Waals surface area contributed by atoms with E-state index in [9.17, 15) is 0 Å². The molecular weight excluding hydrogens is 216 g/mol. The van der Waals surface area contributed by atoms with Gasteiger partial charge >= 0.3 is 0 Å². The number of nitrogens with zero attached hydrogens (tertiary/aromatic N) is 4. The lowest BCUT2D eigenvalue weighted by Gasteiger charge is -1.99. The van der Waals surface area contributed by atoms with E-state index in [1.165, 1.54) is 0 Å². The van der Waals surface area contributed by atoms with E-state index in [0.29, 0.717) is 11.8 Å². The molecule has 2 aromatic rings. The Labute approximate surface area is 92.1 Å². The summed E-state index contributed by atoms with van der Waals surface area (Å²) in [5.41, 5.74) is 0.886. The first-order chi connectivity index (χ1) is 7.20. The largest absolute Gasteiger partial charge is 0.444 e. The zero-order chi connectivity index (χ0) is 10.8. The van der Waals surface area contributed by atoms with Crippen LogP contribution < -0.4 is 0 Å². The summed E-state index contributed by atoms with van der Waals surface area (Å²) in [4.78, 5) is 4.28. The number of rotatable bonds is 3. The lowest BCUT2D eigenvalue weighted by Crippen LogP contribution is -1.98. The molecule has 0 saturated carbocycles. The monoisotopic (exact) mass is 226 g/mol. The van der Waals surface area contributed by atoms with Gasteiger partial charge in [0.05, 0.1) is 12.2 Å². The molecule has 0 unspecified atom stereocenters. The number of hydrogen-bond acceptors (Lipinski definition) is 4. The van der Waals surface area contributed by atoms with E-state index >= 15 is 0 Å². The molecule has 15 heavy (non-hydrogen) atoms. The second-order valence-electron chi connectivity index (χ2n) is 3.20. The van der Waals surface area contributed by atoms with Gasteiger partial charge in [-0.3, -0.25) is 4.57 Å². The molecule has 80 valence electrons. The van der Waals surface area contributed by atoms with Gasteiger partial charge < -0.3 is 4.42 Å². The van der Waals surface area contributed by atoms with Crippen molar-refractivity contribution in [2.45, 2.75) is 26.8 Å². The molecular formula is C9H11ClN4O. The third-order valence-corrected chi connectivity index (χ3v) is 2.41. The molecule has 0 amide bonds. The van der Waals surface area contributed by atoms with E-state index in [1.807, 2.05) is 13.8 Å². The average molecular weight is 227 g/mol. The molecule has 5 nitrogen and oxygen atoms in total. The normalized spacial score (nSPS) is 10.9. The fourth-order valence-corrected chi connectivity index (χ4v) is 1.43. The highest BCUT2D eigenvalue weighted by atomic mass is 35.5. The molecule has 0 aliphatic heterocycles.